The lowest BCUT2D eigenvalue weighted by Gasteiger charge is -2.12. The number of hydrogen-bond acceptors (Lipinski definition) is 5. The fourth-order valence-electron chi connectivity index (χ4n) is 1.58. The molecule has 0 spiro atoms. The van der Waals surface area contributed by atoms with Crippen molar-refractivity contribution in [3.8, 4) is 0 Å². The maximum atomic E-state index is 12.0. The molecule has 0 aliphatic heterocycles. The van der Waals surface area contributed by atoms with E-state index in [9.17, 15) is 18.0 Å². The molecule has 0 bridgehead atoms. The Labute approximate surface area is 130 Å². The molecule has 22 heavy (non-hydrogen) atoms. The predicted octanol–water partition coefficient (Wildman–Crippen LogP) is 1.13. The lowest BCUT2D eigenvalue weighted by molar-refractivity contribution is -0.124. The zero-order chi connectivity index (χ0) is 16.8. The van der Waals surface area contributed by atoms with Gasteiger partial charge in [-0.2, -0.15) is 0 Å². The van der Waals surface area contributed by atoms with Gasteiger partial charge in [-0.1, -0.05) is 19.1 Å². The van der Waals surface area contributed by atoms with Gasteiger partial charge in [0.2, 0.25) is 10.0 Å². The maximum Gasteiger partial charge on any atom is 0.340 e. The predicted molar refractivity (Wildman–Crippen MR) is 83.1 cm³/mol. The fraction of sp³-hybridized carbons (Fsp3) is 0.429. The summed E-state index contributed by atoms with van der Waals surface area (Å²) in [6, 6.07) is 6.01. The average Bonchev–Trinajstić information content (AvgIpc) is 2.43. The van der Waals surface area contributed by atoms with Gasteiger partial charge < -0.3 is 10.1 Å². The van der Waals surface area contributed by atoms with Crippen molar-refractivity contribution in [2.75, 3.05) is 17.6 Å². The van der Waals surface area contributed by atoms with Crippen molar-refractivity contribution in [1.29, 1.82) is 0 Å². The number of ether oxygens (including phenoxy) is 1. The third kappa shape index (κ3) is 6.13. The Balaban J connectivity index is 2.72. The van der Waals surface area contributed by atoms with Gasteiger partial charge in [0.15, 0.2) is 6.61 Å². The van der Waals surface area contributed by atoms with E-state index >= 15 is 0 Å². The first-order valence-electron chi connectivity index (χ1n) is 6.76. The molecule has 1 atom stereocenters. The van der Waals surface area contributed by atoms with E-state index in [1.165, 1.54) is 12.1 Å². The van der Waals surface area contributed by atoms with Crippen LogP contribution in [0.25, 0.3) is 0 Å². The zero-order valence-corrected chi connectivity index (χ0v) is 13.6. The van der Waals surface area contributed by atoms with Gasteiger partial charge >= 0.3 is 5.97 Å². The number of benzene rings is 1. The number of sulfonamides is 1. The van der Waals surface area contributed by atoms with Gasteiger partial charge in [-0.15, -0.1) is 0 Å². The van der Waals surface area contributed by atoms with Crippen LogP contribution in [0.3, 0.4) is 0 Å². The van der Waals surface area contributed by atoms with Gasteiger partial charge in [0.05, 0.1) is 17.5 Å². The molecule has 1 amide bonds. The summed E-state index contributed by atoms with van der Waals surface area (Å²) in [6.07, 6.45) is 1.75. The Kier molecular flexibility index (Phi) is 6.36. The van der Waals surface area contributed by atoms with E-state index in [0.29, 0.717) is 0 Å². The standard InChI is InChI=1S/C14H20N2O5S/c1-4-10(2)15-13(17)9-21-14(18)11-7-5-6-8-12(11)16-22(3,19)20/h5-8,10,16H,4,9H2,1-3H3,(H,15,17)/t10-/m1/s1. The topological polar surface area (TPSA) is 102 Å². The van der Waals surface area contributed by atoms with E-state index in [1.807, 2.05) is 13.8 Å². The summed E-state index contributed by atoms with van der Waals surface area (Å²) in [5.74, 6) is -1.18. The summed E-state index contributed by atoms with van der Waals surface area (Å²) in [4.78, 5) is 23.5. The molecule has 1 aromatic carbocycles. The molecule has 0 aliphatic carbocycles. The second-order valence-corrected chi connectivity index (χ2v) is 6.62. The summed E-state index contributed by atoms with van der Waals surface area (Å²) < 4.78 is 29.7. The first-order valence-corrected chi connectivity index (χ1v) is 8.65. The number of hydrogen-bond donors (Lipinski definition) is 2. The van der Waals surface area contributed by atoms with Crippen LogP contribution >= 0.6 is 0 Å². The molecule has 0 fully saturated rings. The van der Waals surface area contributed by atoms with Gasteiger partial charge in [-0.25, -0.2) is 13.2 Å². The fourth-order valence-corrected chi connectivity index (χ4v) is 2.15. The summed E-state index contributed by atoms with van der Waals surface area (Å²) in [5.41, 5.74) is 0.154. The van der Waals surface area contributed by atoms with Crippen LogP contribution in [-0.2, 0) is 19.6 Å². The molecule has 0 heterocycles. The molecule has 0 aromatic heterocycles. The molecule has 1 rings (SSSR count). The van der Waals surface area contributed by atoms with E-state index in [1.54, 1.807) is 12.1 Å². The average molecular weight is 328 g/mol. The van der Waals surface area contributed by atoms with Crippen LogP contribution < -0.4 is 10.0 Å². The Morgan fingerprint density at radius 2 is 1.91 bits per heavy atom. The normalized spacial score (nSPS) is 12.3. The van der Waals surface area contributed by atoms with Gasteiger partial charge in [-0.05, 0) is 25.5 Å². The van der Waals surface area contributed by atoms with Gasteiger partial charge in [0.25, 0.3) is 5.91 Å². The zero-order valence-electron chi connectivity index (χ0n) is 12.8. The van der Waals surface area contributed by atoms with Crippen molar-refractivity contribution in [3.63, 3.8) is 0 Å². The smallest absolute Gasteiger partial charge is 0.340 e. The highest BCUT2D eigenvalue weighted by atomic mass is 32.2. The molecule has 0 radical (unpaired) electrons. The Morgan fingerprint density at radius 1 is 1.27 bits per heavy atom. The first kappa shape index (κ1) is 18.0. The molecule has 0 saturated carbocycles. The highest BCUT2D eigenvalue weighted by Crippen LogP contribution is 2.17. The number of carbonyl (C=O) groups excluding carboxylic acids is 2. The Morgan fingerprint density at radius 3 is 2.50 bits per heavy atom. The summed E-state index contributed by atoms with van der Waals surface area (Å²) >= 11 is 0. The van der Waals surface area contributed by atoms with E-state index in [4.69, 9.17) is 4.74 Å². The van der Waals surface area contributed by atoms with Crippen molar-refractivity contribution < 1.29 is 22.7 Å². The minimum absolute atomic E-state index is 0.00890. The maximum absolute atomic E-state index is 12.0. The minimum atomic E-state index is -3.52. The van der Waals surface area contributed by atoms with Gasteiger partial charge in [-0.3, -0.25) is 9.52 Å². The third-order valence-electron chi connectivity index (χ3n) is 2.80. The van der Waals surface area contributed by atoms with Gasteiger partial charge in [0.1, 0.15) is 0 Å². The van der Waals surface area contributed by atoms with Crippen molar-refractivity contribution >= 4 is 27.6 Å². The molecule has 1 aromatic rings. The SMILES string of the molecule is CC[C@@H](C)NC(=O)COC(=O)c1ccccc1NS(C)(=O)=O. The van der Waals surface area contributed by atoms with E-state index in [-0.39, 0.29) is 17.3 Å². The number of para-hydroxylation sites is 1. The highest BCUT2D eigenvalue weighted by Gasteiger charge is 2.16. The van der Waals surface area contributed by atoms with Gasteiger partial charge in [0, 0.05) is 6.04 Å². The molecule has 0 saturated heterocycles. The van der Waals surface area contributed by atoms with Crippen LogP contribution in [0, 0.1) is 0 Å². The van der Waals surface area contributed by atoms with E-state index < -0.39 is 28.5 Å². The van der Waals surface area contributed by atoms with Crippen LogP contribution in [0.5, 0.6) is 0 Å². The van der Waals surface area contributed by atoms with Crippen molar-refractivity contribution in [2.45, 2.75) is 26.3 Å². The van der Waals surface area contributed by atoms with Crippen LogP contribution in [0.2, 0.25) is 0 Å². The summed E-state index contributed by atoms with van der Waals surface area (Å²) in [6.45, 7) is 3.34. The number of amides is 1. The highest BCUT2D eigenvalue weighted by molar-refractivity contribution is 7.92. The van der Waals surface area contributed by atoms with Crippen molar-refractivity contribution in [2.24, 2.45) is 0 Å². The molecular weight excluding hydrogens is 308 g/mol. The molecule has 8 heteroatoms. The molecule has 0 unspecified atom stereocenters. The summed E-state index contributed by atoms with van der Waals surface area (Å²) in [5, 5.41) is 2.66. The van der Waals surface area contributed by atoms with E-state index in [2.05, 4.69) is 10.0 Å². The third-order valence-corrected chi connectivity index (χ3v) is 3.39. The Hall–Kier alpha value is -2.09. The van der Waals surface area contributed by atoms with Crippen LogP contribution in [0.15, 0.2) is 24.3 Å². The minimum Gasteiger partial charge on any atom is -0.452 e. The molecule has 122 valence electrons. The Bertz CT molecular complexity index is 642. The molecule has 7 nitrogen and oxygen atoms in total. The first-order chi connectivity index (χ1) is 10.2. The number of esters is 1. The second-order valence-electron chi connectivity index (χ2n) is 4.87. The summed E-state index contributed by atoms with van der Waals surface area (Å²) in [7, 11) is -3.52. The second kappa shape index (κ2) is 7.79. The monoisotopic (exact) mass is 328 g/mol. The number of anilines is 1. The van der Waals surface area contributed by atoms with Crippen LogP contribution in [-0.4, -0.2) is 39.2 Å². The molecule has 0 aliphatic rings. The lowest BCUT2D eigenvalue weighted by atomic mass is 10.2. The number of rotatable bonds is 7. The molecule has 2 N–H and O–H groups in total. The van der Waals surface area contributed by atoms with Crippen molar-refractivity contribution in [1.82, 2.24) is 5.32 Å². The van der Waals surface area contributed by atoms with E-state index in [0.717, 1.165) is 12.7 Å². The number of nitrogens with one attached hydrogen (secondary N) is 2. The van der Waals surface area contributed by atoms with Crippen LogP contribution in [0.1, 0.15) is 30.6 Å². The quantitative estimate of drug-likeness (QED) is 0.731. The molecular formula is C14H20N2O5S. The number of carbonyl (C=O) groups is 2. The lowest BCUT2D eigenvalue weighted by Crippen LogP contribution is -2.35. The van der Waals surface area contributed by atoms with Crippen LogP contribution in [0.4, 0.5) is 5.69 Å². The largest absolute Gasteiger partial charge is 0.452 e. The van der Waals surface area contributed by atoms with Crippen molar-refractivity contribution in [3.05, 3.63) is 29.8 Å².